The largest absolute Gasteiger partial charge is 0.208 e. The second-order valence-electron chi connectivity index (χ2n) is 11.6. The fourth-order valence-electron chi connectivity index (χ4n) is 5.50. The van der Waals surface area contributed by atoms with Crippen LogP contribution >= 0.6 is 11.3 Å². The average molecular weight is 766 g/mol. The van der Waals surface area contributed by atoms with Gasteiger partial charge in [-0.25, -0.2) is 15.0 Å². The van der Waals surface area contributed by atoms with Crippen LogP contribution in [0.25, 0.3) is 98.8 Å². The summed E-state index contributed by atoms with van der Waals surface area (Å²) in [6, 6.07) is -29.0. The van der Waals surface area contributed by atoms with Gasteiger partial charge in [0.25, 0.3) is 0 Å². The van der Waals surface area contributed by atoms with Crippen LogP contribution in [0.15, 0.2) is 193 Å². The third kappa shape index (κ3) is 6.36. The molecule has 10 aromatic rings. The Morgan fingerprint density at radius 1 is 0.339 bits per heavy atom. The first kappa shape index (κ1) is 13.9. The van der Waals surface area contributed by atoms with E-state index in [0.717, 1.165) is 0 Å². The molecule has 4 heteroatoms. The maximum atomic E-state index is 9.89. The molecule has 3 nitrogen and oxygen atoms in total. The topological polar surface area (TPSA) is 38.7 Å². The molecule has 0 aliphatic carbocycles. The Morgan fingerprint density at radius 2 is 0.750 bits per heavy atom. The van der Waals surface area contributed by atoms with Crippen LogP contribution in [0.4, 0.5) is 0 Å². The van der Waals surface area contributed by atoms with Crippen LogP contribution in [0.2, 0.25) is 0 Å². The highest BCUT2D eigenvalue weighted by Gasteiger charge is 2.17. The number of benzene rings is 8. The molecule has 0 fully saturated rings. The van der Waals surface area contributed by atoms with Crippen LogP contribution in [-0.2, 0) is 0 Å². The number of nitrogens with zero attached hydrogens (tertiary/aromatic N) is 3. The normalized spacial score (nSPS) is 19.3. The Morgan fingerprint density at radius 3 is 1.36 bits per heavy atom. The molecule has 0 saturated carbocycles. The highest BCUT2D eigenvalue weighted by atomic mass is 32.1. The molecule has 0 N–H and O–H groups in total. The smallest absolute Gasteiger partial charge is 0.164 e. The van der Waals surface area contributed by atoms with E-state index in [0.29, 0.717) is 11.3 Å². The van der Waals surface area contributed by atoms with Crippen molar-refractivity contribution in [2.75, 3.05) is 0 Å². The number of thiophene rings is 1. The van der Waals surface area contributed by atoms with Crippen molar-refractivity contribution in [3.63, 3.8) is 0 Å². The van der Waals surface area contributed by atoms with Crippen molar-refractivity contribution in [1.82, 2.24) is 15.0 Å². The van der Waals surface area contributed by atoms with E-state index in [4.69, 9.17) is 28.8 Å². The van der Waals surface area contributed by atoms with Gasteiger partial charge in [-0.2, -0.15) is 0 Å². The summed E-state index contributed by atoms with van der Waals surface area (Å²) in [7, 11) is 0. The van der Waals surface area contributed by atoms with E-state index < -0.39 is 277 Å². The Bertz CT molecular complexity index is 4600. The highest BCUT2D eigenvalue weighted by Crippen LogP contribution is 2.44. The zero-order valence-electron chi connectivity index (χ0n) is 60.2. The van der Waals surface area contributed by atoms with Crippen LogP contribution in [0.1, 0.15) is 49.4 Å². The predicted molar refractivity (Wildman–Crippen MR) is 236 cm³/mol. The van der Waals surface area contributed by atoms with E-state index in [-0.39, 0.29) is 20.3 Å². The molecule has 0 bridgehead atoms. The summed E-state index contributed by atoms with van der Waals surface area (Å²) in [6.45, 7) is 1.26. The fraction of sp³-hybridized carbons (Fsp3) is 0.0192. The minimum Gasteiger partial charge on any atom is -0.208 e. The summed E-state index contributed by atoms with van der Waals surface area (Å²) in [4.78, 5) is 13.0. The van der Waals surface area contributed by atoms with Gasteiger partial charge in [0.2, 0.25) is 0 Å². The minimum atomic E-state index is -1.08. The average Bonchev–Trinajstić information content (AvgIpc) is 1.52. The first-order valence-electron chi connectivity index (χ1n) is 32.2. The molecule has 56 heavy (non-hydrogen) atoms. The summed E-state index contributed by atoms with van der Waals surface area (Å²) in [5.74, 6) is -2.93. The van der Waals surface area contributed by atoms with Gasteiger partial charge in [0.15, 0.2) is 17.5 Å². The highest BCUT2D eigenvalue weighted by molar-refractivity contribution is 7.26. The quantitative estimate of drug-likeness (QED) is 0.162. The third-order valence-electron chi connectivity index (χ3n) is 8.04. The molecule has 8 aromatic carbocycles. The molecule has 0 saturated heterocycles. The Hall–Kier alpha value is -7.01. The first-order chi connectivity index (χ1) is 41.0. The summed E-state index contributed by atoms with van der Waals surface area (Å²) >= 11 is 0.509. The number of fused-ring (bicyclic) bond motifs is 3. The molecule has 0 aliphatic heterocycles. The number of aromatic nitrogens is 3. The summed E-state index contributed by atoms with van der Waals surface area (Å²) < 4.78 is 284. The van der Waals surface area contributed by atoms with Crippen molar-refractivity contribution in [3.8, 4) is 78.7 Å². The molecule has 2 heterocycles. The van der Waals surface area contributed by atoms with Crippen molar-refractivity contribution >= 4 is 31.5 Å². The maximum absolute atomic E-state index is 9.89. The molecule has 0 radical (unpaired) electrons. The van der Waals surface area contributed by atoms with E-state index in [1.807, 2.05) is 0 Å². The van der Waals surface area contributed by atoms with E-state index >= 15 is 0 Å². The van der Waals surface area contributed by atoms with Gasteiger partial charge in [-0.3, -0.25) is 0 Å². The molecule has 2 aromatic heterocycles. The Balaban J connectivity index is 1.34. The lowest BCUT2D eigenvalue weighted by molar-refractivity contribution is 1.07. The van der Waals surface area contributed by atoms with Gasteiger partial charge in [-0.05, 0) is 57.5 Å². The van der Waals surface area contributed by atoms with Gasteiger partial charge in [0.05, 0.1) is 43.9 Å². The molecule has 10 rings (SSSR count). The van der Waals surface area contributed by atoms with E-state index in [9.17, 15) is 15.1 Å². The molecule has 0 aliphatic rings. The van der Waals surface area contributed by atoms with Crippen LogP contribution in [0.3, 0.4) is 0 Å². The van der Waals surface area contributed by atoms with Crippen molar-refractivity contribution in [2.45, 2.75) is 6.92 Å². The van der Waals surface area contributed by atoms with Crippen LogP contribution in [0, 0.1) is 6.92 Å². The molecule has 0 spiro atoms. The van der Waals surface area contributed by atoms with E-state index in [1.165, 1.54) is 6.92 Å². The van der Waals surface area contributed by atoms with Gasteiger partial charge in [-0.15, -0.1) is 11.3 Å². The number of hydrogen-bond donors (Lipinski definition) is 0. The number of rotatable bonds is 7. The van der Waals surface area contributed by atoms with E-state index in [1.54, 1.807) is 0 Å². The van der Waals surface area contributed by atoms with Gasteiger partial charge < -0.3 is 0 Å². The summed E-state index contributed by atoms with van der Waals surface area (Å²) in [5.41, 5.74) is -8.20. The molecule has 0 atom stereocenters. The maximum Gasteiger partial charge on any atom is 0.164 e. The van der Waals surface area contributed by atoms with Crippen molar-refractivity contribution < 1.29 is 43.9 Å². The molecule has 0 amide bonds. The van der Waals surface area contributed by atoms with Gasteiger partial charge in [0, 0.05) is 36.9 Å². The second-order valence-corrected chi connectivity index (χ2v) is 12.6. The zero-order valence-corrected chi connectivity index (χ0v) is 29.1. The minimum absolute atomic E-state index is 0.158. The second kappa shape index (κ2) is 14.3. The lowest BCUT2D eigenvalue weighted by atomic mass is 9.99. The predicted octanol–water partition coefficient (Wildman–Crippen LogP) is 14.2. The van der Waals surface area contributed by atoms with Crippen molar-refractivity contribution in [3.05, 3.63) is 199 Å². The SMILES string of the molecule is [2H]c1c([2H])c([2H])c(-c2c([2H])c([2H])c(-c3nc(-c4c([2H])c([2H])c(-c5c([2H])c([2H])c([2H])c(C)c5[2H])c([2H])c4[2H])nc(-c4c([2H])c([2H])c([2H])c(-c5c([2H])c([2H])c([2H])c6c5sc5c(-c7c([2H])c([2H])c([2H])c([2H])c7[2H])c([2H])c([2H])c([2H])c56)c4[2H])n3)c([2H])c2[2H])c([2H])c1[2H]. The molecular formula is C52H35N3S. The zero-order chi connectivity index (χ0) is 65.3. The van der Waals surface area contributed by atoms with Crippen LogP contribution < -0.4 is 0 Å². The van der Waals surface area contributed by atoms with Crippen molar-refractivity contribution in [1.29, 1.82) is 0 Å². The Labute approximate surface area is 375 Å². The third-order valence-corrected chi connectivity index (χ3v) is 9.27. The standard InChI is InChI=1S/C52H35N3S/c1-34-12-8-17-41(32-34)37-26-30-40(31-27-37)51-53-50(39-28-24-36(25-29-39)35-13-4-2-5-14-35)54-52(55-51)43-19-9-18-42(33-43)45-21-11-23-47-46-22-10-20-44(48(46)56-49(45)47)38-15-6-3-7-16-38/h2-33H,1H3/i2D,3D,4D,5D,6D,7D,8D,9D,10D,11D,12D,13D,14D,15D,16D,17D,18D,19D,20D,21D,22D,23D,24D,25D,26D,27D,28D,29D,30D,31D,32D,33D. The van der Waals surface area contributed by atoms with Crippen LogP contribution in [0.5, 0.6) is 0 Å². The first-order valence-corrected chi connectivity index (χ1v) is 17.1. The van der Waals surface area contributed by atoms with Crippen molar-refractivity contribution in [2.24, 2.45) is 0 Å². The fourth-order valence-corrected chi connectivity index (χ4v) is 6.73. The van der Waals surface area contributed by atoms with Crippen LogP contribution in [-0.4, -0.2) is 15.0 Å². The Kier molecular flexibility index (Phi) is 3.57. The monoisotopic (exact) mass is 765 g/mol. The van der Waals surface area contributed by atoms with Gasteiger partial charge in [-0.1, -0.05) is 193 Å². The lowest BCUT2D eigenvalue weighted by Crippen LogP contribution is -2.00. The van der Waals surface area contributed by atoms with Gasteiger partial charge in [0.1, 0.15) is 0 Å². The summed E-state index contributed by atoms with van der Waals surface area (Å²) in [5, 5.41) is -0.808. The van der Waals surface area contributed by atoms with E-state index in [2.05, 4.69) is 15.0 Å². The molecular weight excluding hydrogens is 699 g/mol. The molecule has 0 unspecified atom stereocenters. The molecule has 264 valence electrons. The van der Waals surface area contributed by atoms with Gasteiger partial charge >= 0.3 is 0 Å². The summed E-state index contributed by atoms with van der Waals surface area (Å²) in [6.07, 6.45) is 0. The lowest BCUT2D eigenvalue weighted by Gasteiger charge is -2.11. The number of hydrogen-bond acceptors (Lipinski definition) is 4.